The van der Waals surface area contributed by atoms with Gasteiger partial charge < -0.3 is 0 Å². The summed E-state index contributed by atoms with van der Waals surface area (Å²) >= 11 is 0. The molecule has 0 aliphatic rings. The van der Waals surface area contributed by atoms with E-state index in [-0.39, 0.29) is 5.82 Å². The highest BCUT2D eigenvalue weighted by Gasteiger charge is 2.15. The number of aromatic nitrogens is 1. The van der Waals surface area contributed by atoms with Gasteiger partial charge >= 0.3 is 0 Å². The number of rotatable bonds is 3. The van der Waals surface area contributed by atoms with Gasteiger partial charge in [-0.05, 0) is 45.9 Å². The molecule has 2 heteroatoms. The molecule has 0 saturated heterocycles. The minimum Gasteiger partial charge on any atom is -0.253 e. The molecule has 0 aliphatic carbocycles. The normalized spacial score (nSPS) is 11.8. The van der Waals surface area contributed by atoms with Gasteiger partial charge in [0.2, 0.25) is 0 Å². The van der Waals surface area contributed by atoms with Gasteiger partial charge in [-0.2, -0.15) is 0 Å². The maximum absolute atomic E-state index is 14.8. The van der Waals surface area contributed by atoms with Gasteiger partial charge in [-0.3, -0.25) is 4.98 Å². The van der Waals surface area contributed by atoms with Crippen LogP contribution in [0.2, 0.25) is 0 Å². The van der Waals surface area contributed by atoms with Crippen molar-refractivity contribution in [2.75, 3.05) is 0 Å². The Morgan fingerprint density at radius 1 is 0.778 bits per heavy atom. The SMILES string of the molecule is CC(C)c1cc(-c2ncc(F)c3c2ccc2ccccc23)cc(C(C)C)c1. The van der Waals surface area contributed by atoms with E-state index in [0.717, 1.165) is 27.4 Å². The Labute approximate surface area is 159 Å². The lowest BCUT2D eigenvalue weighted by molar-refractivity contribution is 0.635. The number of halogens is 1. The van der Waals surface area contributed by atoms with Crippen molar-refractivity contribution < 1.29 is 4.39 Å². The van der Waals surface area contributed by atoms with Crippen LogP contribution in [0.25, 0.3) is 32.8 Å². The third-order valence-corrected chi connectivity index (χ3v) is 5.31. The molecular weight excluding hydrogens is 333 g/mol. The maximum Gasteiger partial charge on any atom is 0.149 e. The van der Waals surface area contributed by atoms with Crippen molar-refractivity contribution >= 4 is 21.5 Å². The molecule has 136 valence electrons. The smallest absolute Gasteiger partial charge is 0.149 e. The molecule has 1 nitrogen and oxygen atoms in total. The van der Waals surface area contributed by atoms with E-state index in [1.165, 1.54) is 17.3 Å². The third kappa shape index (κ3) is 3.10. The van der Waals surface area contributed by atoms with Crippen LogP contribution in [-0.4, -0.2) is 4.98 Å². The van der Waals surface area contributed by atoms with Crippen molar-refractivity contribution in [1.29, 1.82) is 0 Å². The fraction of sp³-hybridized carbons (Fsp3) is 0.240. The Morgan fingerprint density at radius 3 is 2.11 bits per heavy atom. The fourth-order valence-corrected chi connectivity index (χ4v) is 3.69. The van der Waals surface area contributed by atoms with Gasteiger partial charge in [0, 0.05) is 16.3 Å². The largest absolute Gasteiger partial charge is 0.253 e. The summed E-state index contributed by atoms with van der Waals surface area (Å²) in [6, 6.07) is 18.7. The molecule has 1 heterocycles. The summed E-state index contributed by atoms with van der Waals surface area (Å²) in [7, 11) is 0. The van der Waals surface area contributed by atoms with Crippen LogP contribution in [-0.2, 0) is 0 Å². The van der Waals surface area contributed by atoms with Crippen molar-refractivity contribution in [3.63, 3.8) is 0 Å². The van der Waals surface area contributed by atoms with Crippen molar-refractivity contribution in [2.24, 2.45) is 0 Å². The van der Waals surface area contributed by atoms with Crippen molar-refractivity contribution in [2.45, 2.75) is 39.5 Å². The summed E-state index contributed by atoms with van der Waals surface area (Å²) < 4.78 is 14.8. The first kappa shape index (κ1) is 17.7. The second-order valence-corrected chi connectivity index (χ2v) is 7.86. The minimum absolute atomic E-state index is 0.269. The highest BCUT2D eigenvalue weighted by Crippen LogP contribution is 2.35. The second-order valence-electron chi connectivity index (χ2n) is 7.86. The average molecular weight is 357 g/mol. The second kappa shape index (κ2) is 6.77. The monoisotopic (exact) mass is 357 g/mol. The lowest BCUT2D eigenvalue weighted by atomic mass is 9.90. The van der Waals surface area contributed by atoms with Crippen LogP contribution in [0.15, 0.2) is 60.8 Å². The van der Waals surface area contributed by atoms with Crippen molar-refractivity contribution in [3.8, 4) is 11.3 Å². The lowest BCUT2D eigenvalue weighted by Gasteiger charge is -2.16. The van der Waals surface area contributed by atoms with E-state index in [1.54, 1.807) is 0 Å². The Hall–Kier alpha value is -2.74. The quantitative estimate of drug-likeness (QED) is 0.347. The van der Waals surface area contributed by atoms with Crippen molar-refractivity contribution in [1.82, 2.24) is 4.98 Å². The minimum atomic E-state index is -0.269. The van der Waals surface area contributed by atoms with Crippen molar-refractivity contribution in [3.05, 3.63) is 77.7 Å². The van der Waals surface area contributed by atoms with Gasteiger partial charge in [0.05, 0.1) is 11.9 Å². The molecule has 0 aliphatic heterocycles. The van der Waals surface area contributed by atoms with Crippen LogP contribution in [0.5, 0.6) is 0 Å². The molecule has 0 bridgehead atoms. The van der Waals surface area contributed by atoms with Gasteiger partial charge in [0.25, 0.3) is 0 Å². The Bertz CT molecular complexity index is 1120. The van der Waals surface area contributed by atoms with E-state index < -0.39 is 0 Å². The van der Waals surface area contributed by atoms with Gasteiger partial charge in [0.1, 0.15) is 5.82 Å². The van der Waals surface area contributed by atoms with Crippen LogP contribution in [0, 0.1) is 5.82 Å². The van der Waals surface area contributed by atoms with E-state index >= 15 is 0 Å². The summed E-state index contributed by atoms with van der Waals surface area (Å²) in [4.78, 5) is 4.51. The molecule has 0 spiro atoms. The van der Waals surface area contributed by atoms with Gasteiger partial charge in [-0.15, -0.1) is 0 Å². The fourth-order valence-electron chi connectivity index (χ4n) is 3.69. The molecule has 0 fully saturated rings. The number of hydrogen-bond donors (Lipinski definition) is 0. The van der Waals surface area contributed by atoms with Crippen LogP contribution in [0.4, 0.5) is 4.39 Å². The number of hydrogen-bond acceptors (Lipinski definition) is 1. The lowest BCUT2D eigenvalue weighted by Crippen LogP contribution is -1.97. The number of pyridine rings is 1. The van der Waals surface area contributed by atoms with E-state index in [4.69, 9.17) is 0 Å². The Balaban J connectivity index is 2.05. The molecular formula is C25H24FN. The number of fused-ring (bicyclic) bond motifs is 3. The first-order chi connectivity index (χ1) is 13.0. The van der Waals surface area contributed by atoms with E-state index in [2.05, 4.69) is 56.9 Å². The van der Waals surface area contributed by atoms with Crippen LogP contribution in [0.3, 0.4) is 0 Å². The molecule has 27 heavy (non-hydrogen) atoms. The topological polar surface area (TPSA) is 12.9 Å². The summed E-state index contributed by atoms with van der Waals surface area (Å²) in [5.41, 5.74) is 4.49. The zero-order valence-electron chi connectivity index (χ0n) is 16.3. The van der Waals surface area contributed by atoms with E-state index in [1.807, 2.05) is 30.3 Å². The molecule has 4 aromatic rings. The van der Waals surface area contributed by atoms with E-state index in [9.17, 15) is 4.39 Å². The summed E-state index contributed by atoms with van der Waals surface area (Å²) in [5, 5.41) is 3.49. The standard InChI is InChI=1S/C25H24FN/c1-15(2)18-11-19(16(3)4)13-20(12-18)25-22-10-9-17-7-5-6-8-21(17)24(22)23(26)14-27-25/h5-16H,1-4H3. The molecule has 4 rings (SSSR count). The highest BCUT2D eigenvalue weighted by molar-refractivity contribution is 6.11. The molecule has 0 amide bonds. The number of benzene rings is 3. The molecule has 0 atom stereocenters. The maximum atomic E-state index is 14.8. The molecule has 0 unspecified atom stereocenters. The number of nitrogens with zero attached hydrogens (tertiary/aromatic N) is 1. The average Bonchev–Trinajstić information content (AvgIpc) is 2.67. The Morgan fingerprint density at radius 2 is 1.44 bits per heavy atom. The predicted octanol–water partition coefficient (Wildman–Crippen LogP) is 7.44. The first-order valence-corrected chi connectivity index (χ1v) is 9.57. The molecule has 0 N–H and O–H groups in total. The zero-order valence-corrected chi connectivity index (χ0v) is 16.3. The summed E-state index contributed by atoms with van der Waals surface area (Å²) in [6.45, 7) is 8.81. The predicted molar refractivity (Wildman–Crippen MR) is 113 cm³/mol. The zero-order chi connectivity index (χ0) is 19.1. The molecule has 3 aromatic carbocycles. The Kier molecular flexibility index (Phi) is 4.43. The molecule has 0 radical (unpaired) electrons. The summed E-state index contributed by atoms with van der Waals surface area (Å²) in [6.07, 6.45) is 1.36. The molecule has 1 aromatic heterocycles. The van der Waals surface area contributed by atoms with Gasteiger partial charge in [-0.1, -0.05) is 70.2 Å². The highest BCUT2D eigenvalue weighted by atomic mass is 19.1. The van der Waals surface area contributed by atoms with Gasteiger partial charge in [0.15, 0.2) is 0 Å². The summed E-state index contributed by atoms with van der Waals surface area (Å²) in [5.74, 6) is 0.583. The van der Waals surface area contributed by atoms with Gasteiger partial charge in [-0.25, -0.2) is 4.39 Å². The molecule has 0 saturated carbocycles. The third-order valence-electron chi connectivity index (χ3n) is 5.31. The van der Waals surface area contributed by atoms with Crippen LogP contribution in [0.1, 0.15) is 50.7 Å². The van der Waals surface area contributed by atoms with Crippen LogP contribution < -0.4 is 0 Å². The first-order valence-electron chi connectivity index (χ1n) is 9.57. The van der Waals surface area contributed by atoms with Crippen LogP contribution >= 0.6 is 0 Å². The van der Waals surface area contributed by atoms with E-state index in [0.29, 0.717) is 17.2 Å².